The number of ether oxygens (including phenoxy) is 1. The van der Waals surface area contributed by atoms with E-state index in [1.807, 2.05) is 26.8 Å². The first-order chi connectivity index (χ1) is 12.0. The van der Waals surface area contributed by atoms with Crippen LogP contribution < -0.4 is 10.6 Å². The van der Waals surface area contributed by atoms with Gasteiger partial charge in [0.1, 0.15) is 5.82 Å². The summed E-state index contributed by atoms with van der Waals surface area (Å²) < 4.78 is 7.30. The molecule has 2 aromatic rings. The zero-order valence-electron chi connectivity index (χ0n) is 14.9. The third-order valence-electron chi connectivity index (χ3n) is 4.22. The van der Waals surface area contributed by atoms with Crippen molar-refractivity contribution in [2.75, 3.05) is 18.5 Å². The average molecular weight is 344 g/mol. The van der Waals surface area contributed by atoms with Crippen molar-refractivity contribution in [3.05, 3.63) is 29.7 Å². The van der Waals surface area contributed by atoms with Crippen molar-refractivity contribution in [1.29, 1.82) is 0 Å². The molecule has 1 aliphatic heterocycles. The second kappa shape index (κ2) is 7.18. The molecule has 3 heterocycles. The van der Waals surface area contributed by atoms with Crippen molar-refractivity contribution in [3.63, 3.8) is 0 Å². The zero-order chi connectivity index (χ0) is 17.9. The Balaban J connectivity index is 1.65. The number of hydrogen-bond acceptors (Lipinski definition) is 5. The van der Waals surface area contributed by atoms with Gasteiger partial charge in [-0.3, -0.25) is 5.32 Å². The summed E-state index contributed by atoms with van der Waals surface area (Å²) in [6, 6.07) is 3.29. The number of aryl methyl sites for hydroxylation is 2. The number of aromatic nitrogens is 4. The molecule has 0 aliphatic carbocycles. The Bertz CT molecular complexity index is 731. The monoisotopic (exact) mass is 344 g/mol. The molecule has 0 saturated carbocycles. The van der Waals surface area contributed by atoms with E-state index in [1.165, 1.54) is 4.68 Å². The van der Waals surface area contributed by atoms with Gasteiger partial charge in [-0.15, -0.1) is 0 Å². The molecule has 1 fully saturated rings. The molecular formula is C17H24N6O2. The SMILES string of the molecule is Cc1cc(C)nc(-n2nccc2NC(=O)NCC2(C)CCCCO2)n1. The van der Waals surface area contributed by atoms with Crippen LogP contribution in [0.1, 0.15) is 37.6 Å². The van der Waals surface area contributed by atoms with Crippen molar-refractivity contribution in [3.8, 4) is 5.95 Å². The normalized spacial score (nSPS) is 20.3. The highest BCUT2D eigenvalue weighted by molar-refractivity contribution is 5.88. The Labute approximate surface area is 147 Å². The summed E-state index contributed by atoms with van der Waals surface area (Å²) in [6.07, 6.45) is 4.75. The summed E-state index contributed by atoms with van der Waals surface area (Å²) >= 11 is 0. The molecule has 2 amide bonds. The lowest BCUT2D eigenvalue weighted by Crippen LogP contribution is -2.46. The van der Waals surface area contributed by atoms with Crippen molar-refractivity contribution in [1.82, 2.24) is 25.1 Å². The standard InChI is InChI=1S/C17H24N6O2/c1-12-10-13(2)21-15(20-12)23-14(6-8-19-23)22-16(24)18-11-17(3)7-4-5-9-25-17/h6,8,10H,4-5,7,9,11H2,1-3H3,(H2,18,22,24). The maximum Gasteiger partial charge on any atom is 0.320 e. The molecule has 0 radical (unpaired) electrons. The van der Waals surface area contributed by atoms with Crippen LogP contribution in [-0.2, 0) is 4.74 Å². The fourth-order valence-corrected chi connectivity index (χ4v) is 2.92. The molecule has 1 unspecified atom stereocenters. The molecule has 2 aromatic heterocycles. The number of rotatable bonds is 4. The number of amides is 2. The van der Waals surface area contributed by atoms with E-state index in [9.17, 15) is 4.79 Å². The Kier molecular flexibility index (Phi) is 4.98. The topological polar surface area (TPSA) is 94.0 Å². The number of hydrogen-bond donors (Lipinski definition) is 2. The van der Waals surface area contributed by atoms with Crippen LogP contribution in [0, 0.1) is 13.8 Å². The van der Waals surface area contributed by atoms with E-state index in [1.54, 1.807) is 12.3 Å². The minimum Gasteiger partial charge on any atom is -0.373 e. The van der Waals surface area contributed by atoms with Crippen LogP contribution in [-0.4, -0.2) is 44.5 Å². The summed E-state index contributed by atoms with van der Waals surface area (Å²) in [4.78, 5) is 21.0. The molecule has 3 rings (SSSR count). The van der Waals surface area contributed by atoms with Gasteiger partial charge in [-0.2, -0.15) is 9.78 Å². The van der Waals surface area contributed by atoms with Crippen LogP contribution in [0.4, 0.5) is 10.6 Å². The molecule has 0 bridgehead atoms. The van der Waals surface area contributed by atoms with Gasteiger partial charge in [0.25, 0.3) is 5.95 Å². The third-order valence-corrected chi connectivity index (χ3v) is 4.22. The van der Waals surface area contributed by atoms with Gasteiger partial charge < -0.3 is 10.1 Å². The quantitative estimate of drug-likeness (QED) is 0.888. The highest BCUT2D eigenvalue weighted by Crippen LogP contribution is 2.23. The number of anilines is 1. The number of nitrogens with zero attached hydrogens (tertiary/aromatic N) is 4. The van der Waals surface area contributed by atoms with Crippen molar-refractivity contribution in [2.24, 2.45) is 0 Å². The highest BCUT2D eigenvalue weighted by Gasteiger charge is 2.28. The van der Waals surface area contributed by atoms with Crippen LogP contribution in [0.3, 0.4) is 0 Å². The number of urea groups is 1. The Morgan fingerprint density at radius 1 is 1.32 bits per heavy atom. The van der Waals surface area contributed by atoms with E-state index in [4.69, 9.17) is 4.74 Å². The average Bonchev–Trinajstić information content (AvgIpc) is 3.01. The van der Waals surface area contributed by atoms with Crippen LogP contribution >= 0.6 is 0 Å². The Hall–Kier alpha value is -2.48. The number of nitrogens with one attached hydrogen (secondary N) is 2. The lowest BCUT2D eigenvalue weighted by Gasteiger charge is -2.33. The van der Waals surface area contributed by atoms with E-state index < -0.39 is 0 Å². The molecule has 25 heavy (non-hydrogen) atoms. The first-order valence-corrected chi connectivity index (χ1v) is 8.51. The van der Waals surface area contributed by atoms with Gasteiger partial charge in [0.15, 0.2) is 0 Å². The molecule has 1 aliphatic rings. The first-order valence-electron chi connectivity index (χ1n) is 8.51. The molecule has 8 nitrogen and oxygen atoms in total. The van der Waals surface area contributed by atoms with Gasteiger partial charge in [0.05, 0.1) is 11.8 Å². The summed E-state index contributed by atoms with van der Waals surface area (Å²) in [5.41, 5.74) is 1.39. The lowest BCUT2D eigenvalue weighted by molar-refractivity contribution is -0.0612. The smallest absolute Gasteiger partial charge is 0.320 e. The van der Waals surface area contributed by atoms with Gasteiger partial charge in [0, 0.05) is 30.6 Å². The first kappa shape index (κ1) is 17.3. The molecule has 0 spiro atoms. The fourth-order valence-electron chi connectivity index (χ4n) is 2.92. The summed E-state index contributed by atoms with van der Waals surface area (Å²) in [7, 11) is 0. The van der Waals surface area contributed by atoms with Crippen LogP contribution in [0.2, 0.25) is 0 Å². The van der Waals surface area contributed by atoms with E-state index >= 15 is 0 Å². The van der Waals surface area contributed by atoms with Gasteiger partial charge in [-0.1, -0.05) is 0 Å². The predicted octanol–water partition coefficient (Wildman–Crippen LogP) is 2.36. The maximum absolute atomic E-state index is 12.3. The van der Waals surface area contributed by atoms with Gasteiger partial charge in [0.2, 0.25) is 0 Å². The zero-order valence-corrected chi connectivity index (χ0v) is 14.9. The van der Waals surface area contributed by atoms with E-state index in [0.29, 0.717) is 18.3 Å². The Morgan fingerprint density at radius 2 is 2.08 bits per heavy atom. The molecule has 8 heteroatoms. The third kappa shape index (κ3) is 4.33. The number of carbonyl (C=O) groups excluding carboxylic acids is 1. The minimum atomic E-state index is -0.304. The summed E-state index contributed by atoms with van der Waals surface area (Å²) in [5, 5.41) is 9.89. The van der Waals surface area contributed by atoms with E-state index in [0.717, 1.165) is 37.3 Å². The summed E-state index contributed by atoms with van der Waals surface area (Å²) in [5.74, 6) is 0.942. The van der Waals surface area contributed by atoms with Crippen molar-refractivity contribution >= 4 is 11.8 Å². The second-order valence-electron chi connectivity index (χ2n) is 6.64. The minimum absolute atomic E-state index is 0.299. The molecular weight excluding hydrogens is 320 g/mol. The van der Waals surface area contributed by atoms with Gasteiger partial charge in [-0.25, -0.2) is 14.8 Å². The summed E-state index contributed by atoms with van der Waals surface area (Å²) in [6.45, 7) is 7.03. The maximum atomic E-state index is 12.3. The van der Waals surface area contributed by atoms with Gasteiger partial charge >= 0.3 is 6.03 Å². The number of carbonyl (C=O) groups is 1. The van der Waals surface area contributed by atoms with E-state index in [-0.39, 0.29) is 11.6 Å². The van der Waals surface area contributed by atoms with E-state index in [2.05, 4.69) is 25.7 Å². The highest BCUT2D eigenvalue weighted by atomic mass is 16.5. The predicted molar refractivity (Wildman–Crippen MR) is 93.9 cm³/mol. The van der Waals surface area contributed by atoms with Gasteiger partial charge in [-0.05, 0) is 46.1 Å². The molecule has 2 N–H and O–H groups in total. The van der Waals surface area contributed by atoms with Crippen LogP contribution in [0.5, 0.6) is 0 Å². The molecule has 134 valence electrons. The van der Waals surface area contributed by atoms with Crippen LogP contribution in [0.15, 0.2) is 18.3 Å². The fraction of sp³-hybridized carbons (Fsp3) is 0.529. The van der Waals surface area contributed by atoms with Crippen molar-refractivity contribution in [2.45, 2.75) is 45.6 Å². The Morgan fingerprint density at radius 3 is 2.76 bits per heavy atom. The molecule has 1 atom stereocenters. The lowest BCUT2D eigenvalue weighted by atomic mass is 9.96. The molecule has 1 saturated heterocycles. The van der Waals surface area contributed by atoms with Crippen molar-refractivity contribution < 1.29 is 9.53 Å². The second-order valence-corrected chi connectivity index (χ2v) is 6.64. The molecule has 0 aromatic carbocycles. The van der Waals surface area contributed by atoms with Crippen LogP contribution in [0.25, 0.3) is 5.95 Å². The largest absolute Gasteiger partial charge is 0.373 e.